The first kappa shape index (κ1) is 33.1. The number of allylic oxidation sites excluding steroid dienone is 1. The number of hydrogen-bond acceptors (Lipinski definition) is 8. The minimum Gasteiger partial charge on any atom is -0.487 e. The van der Waals surface area contributed by atoms with Crippen LogP contribution in [0.4, 0.5) is 0 Å². The summed E-state index contributed by atoms with van der Waals surface area (Å²) in [7, 11) is 0. The first-order chi connectivity index (χ1) is 21.6. The number of nitrogens with zero attached hydrogens (tertiary/aromatic N) is 2. The van der Waals surface area contributed by atoms with E-state index in [1.165, 1.54) is 11.3 Å². The molecule has 4 aromatic rings. The van der Waals surface area contributed by atoms with Gasteiger partial charge in [-0.3, -0.25) is 9.36 Å². The van der Waals surface area contributed by atoms with Crippen LogP contribution in [0.2, 0.25) is 0 Å². The van der Waals surface area contributed by atoms with Crippen LogP contribution < -0.4 is 19.6 Å². The second-order valence-corrected chi connectivity index (χ2v) is 13.6. The van der Waals surface area contributed by atoms with Crippen LogP contribution in [0, 0.1) is 14.1 Å². The lowest BCUT2D eigenvalue weighted by Crippen LogP contribution is -2.39. The number of aryl methyl sites for hydroxylation is 1. The van der Waals surface area contributed by atoms with Crippen LogP contribution in [-0.2, 0) is 20.9 Å². The van der Waals surface area contributed by atoms with Crippen molar-refractivity contribution in [1.82, 2.24) is 4.57 Å². The Bertz CT molecular complexity index is 1980. The average Bonchev–Trinajstić information content (AvgIpc) is 3.30. The van der Waals surface area contributed by atoms with Crippen LogP contribution in [0.5, 0.6) is 5.75 Å². The van der Waals surface area contributed by atoms with E-state index >= 15 is 0 Å². The summed E-state index contributed by atoms with van der Waals surface area (Å²) in [6.07, 6.45) is 1.82. The number of aromatic nitrogens is 1. The number of halogens is 2. The van der Waals surface area contributed by atoms with Gasteiger partial charge in [0.05, 0.1) is 44.2 Å². The molecule has 0 fully saturated rings. The molecule has 0 saturated carbocycles. The van der Waals surface area contributed by atoms with Gasteiger partial charge in [-0.2, -0.15) is 0 Å². The molecule has 1 aliphatic heterocycles. The van der Waals surface area contributed by atoms with E-state index in [0.29, 0.717) is 38.5 Å². The van der Waals surface area contributed by atoms with Crippen LogP contribution in [0.3, 0.4) is 0 Å². The highest BCUT2D eigenvalue weighted by molar-refractivity contribution is 14.1. The van der Waals surface area contributed by atoms with E-state index in [4.69, 9.17) is 14.2 Å². The van der Waals surface area contributed by atoms with Crippen LogP contribution in [0.15, 0.2) is 81.7 Å². The molecule has 5 rings (SSSR count). The third kappa shape index (κ3) is 7.25. The second-order valence-electron chi connectivity index (χ2n) is 10.2. The van der Waals surface area contributed by atoms with Gasteiger partial charge in [0.15, 0.2) is 4.80 Å². The molecule has 0 N–H and O–H groups in total. The summed E-state index contributed by atoms with van der Waals surface area (Å²) >= 11 is 5.75. The van der Waals surface area contributed by atoms with Gasteiger partial charge in [0.2, 0.25) is 0 Å². The predicted molar refractivity (Wildman–Crippen MR) is 190 cm³/mol. The van der Waals surface area contributed by atoms with Gasteiger partial charge in [-0.05, 0) is 114 Å². The van der Waals surface area contributed by atoms with Gasteiger partial charge in [-0.25, -0.2) is 14.6 Å². The Morgan fingerprint density at radius 3 is 2.29 bits per heavy atom. The predicted octanol–water partition coefficient (Wildman–Crippen LogP) is 6.07. The van der Waals surface area contributed by atoms with Crippen molar-refractivity contribution < 1.29 is 23.8 Å². The highest BCUT2D eigenvalue weighted by atomic mass is 127. The third-order valence-electron chi connectivity index (χ3n) is 7.08. The largest absolute Gasteiger partial charge is 0.487 e. The molecule has 2 heterocycles. The number of rotatable bonds is 9. The molecule has 0 aliphatic carbocycles. The van der Waals surface area contributed by atoms with Crippen molar-refractivity contribution in [2.24, 2.45) is 4.99 Å². The molecule has 0 radical (unpaired) electrons. The summed E-state index contributed by atoms with van der Waals surface area (Å²) in [6, 6.07) is 18.2. The molecule has 0 unspecified atom stereocenters. The SMILES string of the molecule is CCOC(=O)C1=C(C)N=c2s/c(=C\c3cc(I)cc(I)c3OCc3ccc(C(=O)OCC)cc3)c(=O)n2[C@H]1c1ccc(C)cc1. The number of ether oxygens (including phenoxy) is 3. The fraction of sp³-hybridized carbons (Fsp3) is 0.235. The van der Waals surface area contributed by atoms with Gasteiger partial charge in [0.25, 0.3) is 5.56 Å². The van der Waals surface area contributed by atoms with E-state index in [9.17, 15) is 14.4 Å². The zero-order valence-electron chi connectivity index (χ0n) is 25.1. The number of thiazole rings is 1. The first-order valence-electron chi connectivity index (χ1n) is 14.2. The van der Waals surface area contributed by atoms with Crippen molar-refractivity contribution >= 4 is 74.5 Å². The van der Waals surface area contributed by atoms with E-state index in [-0.39, 0.29) is 24.7 Å². The molecular formula is C34H30I2N2O6S. The summed E-state index contributed by atoms with van der Waals surface area (Å²) in [5, 5.41) is 0. The molecule has 1 aromatic heterocycles. The quantitative estimate of drug-likeness (QED) is 0.150. The number of fused-ring (bicyclic) bond motifs is 1. The maximum Gasteiger partial charge on any atom is 0.338 e. The zero-order valence-corrected chi connectivity index (χ0v) is 30.2. The van der Waals surface area contributed by atoms with E-state index in [1.54, 1.807) is 37.5 Å². The zero-order chi connectivity index (χ0) is 32.2. The van der Waals surface area contributed by atoms with Crippen molar-refractivity contribution in [3.63, 3.8) is 0 Å². The molecule has 0 saturated heterocycles. The monoisotopic (exact) mass is 848 g/mol. The van der Waals surface area contributed by atoms with Gasteiger partial charge < -0.3 is 14.2 Å². The van der Waals surface area contributed by atoms with E-state index < -0.39 is 12.0 Å². The van der Waals surface area contributed by atoms with E-state index in [0.717, 1.165) is 29.4 Å². The molecule has 1 aliphatic rings. The lowest BCUT2D eigenvalue weighted by Gasteiger charge is -2.24. The van der Waals surface area contributed by atoms with Crippen molar-refractivity contribution in [2.45, 2.75) is 40.3 Å². The molecule has 232 valence electrons. The lowest BCUT2D eigenvalue weighted by atomic mass is 9.95. The molecule has 11 heteroatoms. The number of carbonyl (C=O) groups is 2. The van der Waals surface area contributed by atoms with Gasteiger partial charge in [0, 0.05) is 9.13 Å². The summed E-state index contributed by atoms with van der Waals surface area (Å²) in [5.41, 5.74) is 4.58. The molecule has 0 spiro atoms. The van der Waals surface area contributed by atoms with Gasteiger partial charge >= 0.3 is 11.9 Å². The minimum atomic E-state index is -0.674. The van der Waals surface area contributed by atoms with Crippen LogP contribution in [0.1, 0.15) is 59.4 Å². The van der Waals surface area contributed by atoms with Crippen LogP contribution in [0.25, 0.3) is 6.08 Å². The average molecular weight is 848 g/mol. The number of esters is 2. The summed E-state index contributed by atoms with van der Waals surface area (Å²) < 4.78 is 20.7. The summed E-state index contributed by atoms with van der Waals surface area (Å²) in [4.78, 5) is 44.5. The Morgan fingerprint density at radius 2 is 1.62 bits per heavy atom. The fourth-order valence-electron chi connectivity index (χ4n) is 4.94. The van der Waals surface area contributed by atoms with E-state index in [2.05, 4.69) is 50.2 Å². The minimum absolute atomic E-state index is 0.213. The Labute approximate surface area is 291 Å². The van der Waals surface area contributed by atoms with Crippen molar-refractivity contribution in [1.29, 1.82) is 0 Å². The standard InChI is InChI=1S/C34H30I2N2O6S/c1-5-42-32(40)23-13-9-21(10-14-23)18-44-30-24(15-25(35)17-26(30)36)16-27-31(39)38-29(22-11-7-19(3)8-12-22)28(33(41)43-6-2)20(4)37-34(38)45-27/h7-17,29H,5-6,18H2,1-4H3/b27-16-/t29-/m0/s1. The smallest absolute Gasteiger partial charge is 0.338 e. The fourth-order valence-corrected chi connectivity index (χ4v) is 8.03. The van der Waals surface area contributed by atoms with E-state index in [1.807, 2.05) is 61.5 Å². The molecular weight excluding hydrogens is 818 g/mol. The topological polar surface area (TPSA) is 96.2 Å². The maximum atomic E-state index is 14.1. The Kier molecular flexibility index (Phi) is 10.6. The van der Waals surface area contributed by atoms with Crippen molar-refractivity contribution in [3.05, 3.63) is 127 Å². The van der Waals surface area contributed by atoms with Crippen molar-refractivity contribution in [3.8, 4) is 5.75 Å². The highest BCUT2D eigenvalue weighted by Crippen LogP contribution is 2.32. The summed E-state index contributed by atoms with van der Waals surface area (Å²) in [5.74, 6) is -0.221. The molecule has 45 heavy (non-hydrogen) atoms. The van der Waals surface area contributed by atoms with Crippen molar-refractivity contribution in [2.75, 3.05) is 13.2 Å². The number of carbonyl (C=O) groups excluding carboxylic acids is 2. The third-order valence-corrected chi connectivity index (χ3v) is 9.49. The normalized spacial score (nSPS) is 14.5. The van der Waals surface area contributed by atoms with Gasteiger partial charge in [-0.1, -0.05) is 53.3 Å². The Balaban J connectivity index is 1.56. The maximum absolute atomic E-state index is 14.1. The summed E-state index contributed by atoms with van der Waals surface area (Å²) in [6.45, 7) is 8.08. The molecule has 8 nitrogen and oxygen atoms in total. The molecule has 1 atom stereocenters. The Morgan fingerprint density at radius 1 is 0.956 bits per heavy atom. The Hall–Kier alpha value is -3.30. The second kappa shape index (κ2) is 14.4. The first-order valence-corrected chi connectivity index (χ1v) is 17.2. The molecule has 0 amide bonds. The number of hydrogen-bond donors (Lipinski definition) is 0. The van der Waals surface area contributed by atoms with Crippen LogP contribution in [-0.4, -0.2) is 29.7 Å². The molecule has 3 aromatic carbocycles. The lowest BCUT2D eigenvalue weighted by molar-refractivity contribution is -0.139. The highest BCUT2D eigenvalue weighted by Gasteiger charge is 2.33. The van der Waals surface area contributed by atoms with Gasteiger partial charge in [-0.15, -0.1) is 0 Å². The van der Waals surface area contributed by atoms with Crippen LogP contribution >= 0.6 is 56.5 Å². The molecule has 0 bridgehead atoms. The number of benzene rings is 3. The van der Waals surface area contributed by atoms with Gasteiger partial charge in [0.1, 0.15) is 12.4 Å².